The van der Waals surface area contributed by atoms with Crippen molar-refractivity contribution in [1.82, 2.24) is 4.90 Å². The Bertz CT molecular complexity index is 587. The average molecular weight is 288 g/mol. The Morgan fingerprint density at radius 2 is 1.71 bits per heavy atom. The zero-order chi connectivity index (χ0) is 15.6. The van der Waals surface area contributed by atoms with Crippen LogP contribution in [0.25, 0.3) is 0 Å². The number of benzene rings is 1. The molecule has 1 aromatic carbocycles. The number of hydrogen-bond acceptors (Lipinski definition) is 5. The second kappa shape index (κ2) is 5.87. The Morgan fingerprint density at radius 1 is 1.19 bits per heavy atom. The molecule has 0 radical (unpaired) electrons. The third-order valence-electron chi connectivity index (χ3n) is 2.95. The minimum absolute atomic E-state index is 0.0323. The zero-order valence-corrected chi connectivity index (χ0v) is 11.9. The van der Waals surface area contributed by atoms with E-state index in [0.717, 1.165) is 4.90 Å². The van der Waals surface area contributed by atoms with Crippen LogP contribution < -0.4 is 0 Å². The smallest absolute Gasteiger partial charge is 0.311 e. The van der Waals surface area contributed by atoms with Gasteiger partial charge in [0.1, 0.15) is 0 Å². The van der Waals surface area contributed by atoms with Gasteiger partial charge in [-0.1, -0.05) is 12.1 Å². The highest BCUT2D eigenvalue weighted by molar-refractivity contribution is 6.22. The number of rotatable bonds is 5. The lowest BCUT2D eigenvalue weighted by Crippen LogP contribution is -2.35. The SMILES string of the molecule is CC(C)OC(=O)CC(=N)CN1C(=O)c2ccccc2C1=O. The second-order valence-corrected chi connectivity index (χ2v) is 5.06. The van der Waals surface area contributed by atoms with Crippen LogP contribution >= 0.6 is 0 Å². The first-order chi connectivity index (χ1) is 9.90. The number of fused-ring (bicyclic) bond motifs is 1. The van der Waals surface area contributed by atoms with E-state index in [1.54, 1.807) is 38.1 Å². The maximum Gasteiger partial charge on any atom is 0.311 e. The lowest BCUT2D eigenvalue weighted by Gasteiger charge is -2.14. The van der Waals surface area contributed by atoms with Gasteiger partial charge in [-0.15, -0.1) is 0 Å². The van der Waals surface area contributed by atoms with Crippen LogP contribution in [0.4, 0.5) is 0 Å². The predicted octanol–water partition coefficient (Wildman–Crippen LogP) is 1.64. The van der Waals surface area contributed by atoms with Crippen LogP contribution in [0.1, 0.15) is 41.0 Å². The van der Waals surface area contributed by atoms with Crippen molar-refractivity contribution < 1.29 is 19.1 Å². The standard InChI is InChI=1S/C15H16N2O4/c1-9(2)21-13(18)7-10(16)8-17-14(19)11-5-3-4-6-12(11)15(17)20/h3-6,9,16H,7-8H2,1-2H3. The first kappa shape index (κ1) is 14.9. The Labute approximate surface area is 122 Å². The summed E-state index contributed by atoms with van der Waals surface area (Å²) >= 11 is 0. The molecule has 0 fully saturated rings. The number of esters is 1. The molecule has 6 nitrogen and oxygen atoms in total. The molecule has 1 aromatic rings. The van der Waals surface area contributed by atoms with Crippen molar-refractivity contribution in [2.24, 2.45) is 0 Å². The maximum atomic E-state index is 12.1. The Hall–Kier alpha value is -2.50. The lowest BCUT2D eigenvalue weighted by atomic mass is 10.1. The van der Waals surface area contributed by atoms with Crippen LogP contribution in [0, 0.1) is 5.41 Å². The largest absolute Gasteiger partial charge is 0.463 e. The highest BCUT2D eigenvalue weighted by Crippen LogP contribution is 2.22. The molecule has 1 N–H and O–H groups in total. The summed E-state index contributed by atoms with van der Waals surface area (Å²) in [5.41, 5.74) is 0.635. The number of nitrogens with zero attached hydrogens (tertiary/aromatic N) is 1. The average Bonchev–Trinajstić information content (AvgIpc) is 2.63. The molecule has 0 spiro atoms. The van der Waals surface area contributed by atoms with Crippen molar-refractivity contribution in [3.05, 3.63) is 35.4 Å². The normalized spacial score (nSPS) is 13.6. The Balaban J connectivity index is 2.02. The van der Waals surface area contributed by atoms with Crippen molar-refractivity contribution in [2.45, 2.75) is 26.4 Å². The number of imide groups is 1. The third kappa shape index (κ3) is 3.16. The molecule has 6 heteroatoms. The van der Waals surface area contributed by atoms with Gasteiger partial charge in [-0.3, -0.25) is 19.3 Å². The van der Waals surface area contributed by atoms with Crippen molar-refractivity contribution in [3.8, 4) is 0 Å². The van der Waals surface area contributed by atoms with Crippen molar-refractivity contribution in [3.63, 3.8) is 0 Å². The van der Waals surface area contributed by atoms with Crippen molar-refractivity contribution in [2.75, 3.05) is 6.54 Å². The number of hydrogen-bond donors (Lipinski definition) is 1. The highest BCUT2D eigenvalue weighted by Gasteiger charge is 2.35. The summed E-state index contributed by atoms with van der Waals surface area (Å²) < 4.78 is 4.93. The molecule has 0 bridgehead atoms. The molecule has 0 saturated carbocycles. The van der Waals surface area contributed by atoms with Gasteiger partial charge in [0.15, 0.2) is 0 Å². The van der Waals surface area contributed by atoms with E-state index in [-0.39, 0.29) is 24.8 Å². The van der Waals surface area contributed by atoms with Gasteiger partial charge in [-0.25, -0.2) is 0 Å². The summed E-state index contributed by atoms with van der Waals surface area (Å²) in [7, 11) is 0. The highest BCUT2D eigenvalue weighted by atomic mass is 16.5. The lowest BCUT2D eigenvalue weighted by molar-refractivity contribution is -0.145. The fourth-order valence-electron chi connectivity index (χ4n) is 2.11. The van der Waals surface area contributed by atoms with Crippen LogP contribution in [0.5, 0.6) is 0 Å². The fraction of sp³-hybridized carbons (Fsp3) is 0.333. The van der Waals surface area contributed by atoms with Crippen LogP contribution in [0.2, 0.25) is 0 Å². The minimum atomic E-state index is -0.536. The maximum absolute atomic E-state index is 12.1. The molecule has 2 rings (SSSR count). The predicted molar refractivity (Wildman–Crippen MR) is 75.4 cm³/mol. The molecule has 1 heterocycles. The van der Waals surface area contributed by atoms with Gasteiger partial charge in [-0.05, 0) is 26.0 Å². The van der Waals surface area contributed by atoms with E-state index >= 15 is 0 Å². The number of amides is 2. The Morgan fingerprint density at radius 3 is 2.19 bits per heavy atom. The number of ether oxygens (including phenoxy) is 1. The van der Waals surface area contributed by atoms with Gasteiger partial charge in [0.05, 0.1) is 30.2 Å². The summed E-state index contributed by atoms with van der Waals surface area (Å²) in [6, 6.07) is 6.51. The van der Waals surface area contributed by atoms with Gasteiger partial charge in [-0.2, -0.15) is 0 Å². The van der Waals surface area contributed by atoms with Crippen LogP contribution in [-0.4, -0.2) is 41.0 Å². The van der Waals surface area contributed by atoms with Crippen molar-refractivity contribution in [1.29, 1.82) is 5.41 Å². The molecule has 0 atom stereocenters. The van der Waals surface area contributed by atoms with E-state index in [0.29, 0.717) is 11.1 Å². The van der Waals surface area contributed by atoms with Crippen LogP contribution in [-0.2, 0) is 9.53 Å². The van der Waals surface area contributed by atoms with E-state index in [9.17, 15) is 14.4 Å². The molecule has 0 aromatic heterocycles. The molecule has 1 aliphatic heterocycles. The van der Waals surface area contributed by atoms with E-state index < -0.39 is 17.8 Å². The quantitative estimate of drug-likeness (QED) is 0.507. The zero-order valence-electron chi connectivity index (χ0n) is 11.9. The summed E-state index contributed by atoms with van der Waals surface area (Å²) in [4.78, 5) is 36.6. The molecule has 0 unspecified atom stereocenters. The molecular formula is C15H16N2O4. The molecule has 110 valence electrons. The number of nitrogens with one attached hydrogen (secondary N) is 1. The van der Waals surface area contributed by atoms with Crippen LogP contribution in [0.15, 0.2) is 24.3 Å². The number of carbonyl (C=O) groups is 3. The molecule has 2 amide bonds. The molecule has 1 aliphatic rings. The minimum Gasteiger partial charge on any atom is -0.463 e. The molecule has 0 aliphatic carbocycles. The van der Waals surface area contributed by atoms with E-state index in [2.05, 4.69) is 0 Å². The first-order valence-corrected chi connectivity index (χ1v) is 6.61. The van der Waals surface area contributed by atoms with Gasteiger partial charge in [0.2, 0.25) is 0 Å². The fourth-order valence-corrected chi connectivity index (χ4v) is 2.11. The first-order valence-electron chi connectivity index (χ1n) is 6.61. The topological polar surface area (TPSA) is 87.5 Å². The third-order valence-corrected chi connectivity index (χ3v) is 2.95. The molecular weight excluding hydrogens is 272 g/mol. The summed E-state index contributed by atoms with van der Waals surface area (Å²) in [5.74, 6) is -1.40. The van der Waals surface area contributed by atoms with Gasteiger partial charge < -0.3 is 10.1 Å². The van der Waals surface area contributed by atoms with Crippen molar-refractivity contribution >= 4 is 23.5 Å². The van der Waals surface area contributed by atoms with Crippen LogP contribution in [0.3, 0.4) is 0 Å². The van der Waals surface area contributed by atoms with Gasteiger partial charge in [0, 0.05) is 5.71 Å². The Kier molecular flexibility index (Phi) is 4.16. The monoisotopic (exact) mass is 288 g/mol. The van der Waals surface area contributed by atoms with E-state index in [1.807, 2.05) is 0 Å². The van der Waals surface area contributed by atoms with Gasteiger partial charge in [0.25, 0.3) is 11.8 Å². The van der Waals surface area contributed by atoms with E-state index in [1.165, 1.54) is 0 Å². The summed E-state index contributed by atoms with van der Waals surface area (Å²) in [6.45, 7) is 3.23. The second-order valence-electron chi connectivity index (χ2n) is 5.06. The molecule has 21 heavy (non-hydrogen) atoms. The van der Waals surface area contributed by atoms with E-state index in [4.69, 9.17) is 10.1 Å². The summed E-state index contributed by atoms with van der Waals surface area (Å²) in [6.07, 6.45) is -0.490. The number of carbonyl (C=O) groups excluding carboxylic acids is 3. The van der Waals surface area contributed by atoms with Gasteiger partial charge >= 0.3 is 5.97 Å². The molecule has 0 saturated heterocycles. The summed E-state index contributed by atoms with van der Waals surface area (Å²) in [5, 5.41) is 7.77.